The number of aromatic nitrogens is 1. The maximum atomic E-state index is 11.1. The molecule has 1 aromatic heterocycles. The molecular formula is C17H19ClN2O2. The van der Waals surface area contributed by atoms with Gasteiger partial charge in [-0.05, 0) is 55.3 Å². The van der Waals surface area contributed by atoms with E-state index in [2.05, 4.69) is 10.3 Å². The summed E-state index contributed by atoms with van der Waals surface area (Å²) < 4.78 is 6.08. The van der Waals surface area contributed by atoms with Crippen molar-refractivity contribution in [2.45, 2.75) is 44.8 Å². The Balaban J connectivity index is 1.63. The summed E-state index contributed by atoms with van der Waals surface area (Å²) in [4.78, 5) is 15.2. The third-order valence-electron chi connectivity index (χ3n) is 4.07. The van der Waals surface area contributed by atoms with E-state index in [9.17, 15) is 4.79 Å². The van der Waals surface area contributed by atoms with E-state index in [4.69, 9.17) is 16.3 Å². The Hall–Kier alpha value is -1.81. The first-order chi connectivity index (χ1) is 10.6. The van der Waals surface area contributed by atoms with Gasteiger partial charge in [-0.1, -0.05) is 11.6 Å². The number of rotatable bonds is 3. The van der Waals surface area contributed by atoms with Crippen LogP contribution in [0.5, 0.6) is 5.75 Å². The molecule has 4 nitrogen and oxygen atoms in total. The van der Waals surface area contributed by atoms with Crippen molar-refractivity contribution in [3.05, 3.63) is 35.6 Å². The standard InChI is InChI=1S/C17H19ClN2O2/c1-11(21)20-13-2-4-14(5-3-13)22-15-6-7-16-12(10-15)8-9-19-17(16)18/h6-10,13-14H,2-5H2,1H3,(H,20,21). The molecule has 116 valence electrons. The molecule has 0 saturated heterocycles. The molecule has 5 heteroatoms. The van der Waals surface area contributed by atoms with Gasteiger partial charge in [0.25, 0.3) is 0 Å². The molecule has 1 fully saturated rings. The zero-order valence-electron chi connectivity index (χ0n) is 12.5. The van der Waals surface area contributed by atoms with E-state index < -0.39 is 0 Å². The van der Waals surface area contributed by atoms with Crippen LogP contribution in [0, 0.1) is 0 Å². The summed E-state index contributed by atoms with van der Waals surface area (Å²) in [5.74, 6) is 0.905. The van der Waals surface area contributed by atoms with Crippen LogP contribution >= 0.6 is 11.6 Å². The zero-order chi connectivity index (χ0) is 15.5. The van der Waals surface area contributed by atoms with Crippen LogP contribution in [-0.2, 0) is 4.79 Å². The van der Waals surface area contributed by atoms with E-state index in [0.717, 1.165) is 42.2 Å². The molecule has 1 aromatic carbocycles. The van der Waals surface area contributed by atoms with Gasteiger partial charge < -0.3 is 10.1 Å². The maximum Gasteiger partial charge on any atom is 0.217 e. The van der Waals surface area contributed by atoms with Gasteiger partial charge in [0.2, 0.25) is 5.91 Å². The highest BCUT2D eigenvalue weighted by molar-refractivity contribution is 6.34. The number of halogens is 1. The topological polar surface area (TPSA) is 51.2 Å². The normalized spacial score (nSPS) is 21.5. The minimum Gasteiger partial charge on any atom is -0.490 e. The number of carbonyl (C=O) groups excluding carboxylic acids is 1. The number of nitrogens with zero attached hydrogens (tertiary/aromatic N) is 1. The van der Waals surface area contributed by atoms with E-state index in [-0.39, 0.29) is 12.0 Å². The van der Waals surface area contributed by atoms with E-state index in [1.807, 2.05) is 24.3 Å². The Labute approximate surface area is 134 Å². The number of fused-ring (bicyclic) bond motifs is 1. The van der Waals surface area contributed by atoms with Gasteiger partial charge in [0.05, 0.1) is 6.10 Å². The Kier molecular flexibility index (Phi) is 4.48. The fraction of sp³-hybridized carbons (Fsp3) is 0.412. The highest BCUT2D eigenvalue weighted by atomic mass is 35.5. The molecule has 0 radical (unpaired) electrons. The lowest BCUT2D eigenvalue weighted by molar-refractivity contribution is -0.120. The summed E-state index contributed by atoms with van der Waals surface area (Å²) in [6, 6.07) is 8.11. The van der Waals surface area contributed by atoms with Crippen molar-refractivity contribution in [1.82, 2.24) is 10.3 Å². The van der Waals surface area contributed by atoms with Gasteiger partial charge >= 0.3 is 0 Å². The smallest absolute Gasteiger partial charge is 0.217 e. The van der Waals surface area contributed by atoms with Crippen molar-refractivity contribution in [3.8, 4) is 5.75 Å². The monoisotopic (exact) mass is 318 g/mol. The van der Waals surface area contributed by atoms with Gasteiger partial charge in [0.15, 0.2) is 0 Å². The molecule has 1 N–H and O–H groups in total. The van der Waals surface area contributed by atoms with Crippen molar-refractivity contribution < 1.29 is 9.53 Å². The third kappa shape index (κ3) is 3.50. The molecule has 0 unspecified atom stereocenters. The van der Waals surface area contributed by atoms with Gasteiger partial charge in [-0.3, -0.25) is 4.79 Å². The second-order valence-corrected chi connectivity index (χ2v) is 6.13. The molecular weight excluding hydrogens is 300 g/mol. The van der Waals surface area contributed by atoms with Crippen LogP contribution in [0.25, 0.3) is 10.8 Å². The van der Waals surface area contributed by atoms with Crippen LogP contribution < -0.4 is 10.1 Å². The van der Waals surface area contributed by atoms with Gasteiger partial charge in [-0.15, -0.1) is 0 Å². The third-order valence-corrected chi connectivity index (χ3v) is 4.37. The summed E-state index contributed by atoms with van der Waals surface area (Å²) in [6.07, 6.45) is 5.76. The quantitative estimate of drug-likeness (QED) is 0.878. The number of pyridine rings is 1. The van der Waals surface area contributed by atoms with Crippen LogP contribution in [0.3, 0.4) is 0 Å². The SMILES string of the molecule is CC(=O)NC1CCC(Oc2ccc3c(Cl)nccc3c2)CC1. The van der Waals surface area contributed by atoms with Crippen molar-refractivity contribution in [3.63, 3.8) is 0 Å². The van der Waals surface area contributed by atoms with E-state index >= 15 is 0 Å². The predicted molar refractivity (Wildman–Crippen MR) is 87.2 cm³/mol. The molecule has 2 aromatic rings. The van der Waals surface area contributed by atoms with Crippen LogP contribution in [0.1, 0.15) is 32.6 Å². The molecule has 0 atom stereocenters. The van der Waals surface area contributed by atoms with E-state index in [1.165, 1.54) is 0 Å². The molecule has 0 aliphatic heterocycles. The highest BCUT2D eigenvalue weighted by Crippen LogP contribution is 2.28. The summed E-state index contributed by atoms with van der Waals surface area (Å²) in [5.41, 5.74) is 0. The molecule has 22 heavy (non-hydrogen) atoms. The lowest BCUT2D eigenvalue weighted by Gasteiger charge is -2.29. The number of amides is 1. The Morgan fingerprint density at radius 1 is 1.27 bits per heavy atom. The van der Waals surface area contributed by atoms with Crippen LogP contribution in [0.15, 0.2) is 30.5 Å². The zero-order valence-corrected chi connectivity index (χ0v) is 13.3. The number of hydrogen-bond donors (Lipinski definition) is 1. The highest BCUT2D eigenvalue weighted by Gasteiger charge is 2.22. The van der Waals surface area contributed by atoms with Crippen molar-refractivity contribution in [2.24, 2.45) is 0 Å². The molecule has 0 bridgehead atoms. The van der Waals surface area contributed by atoms with Gasteiger partial charge in [0.1, 0.15) is 10.9 Å². The minimum absolute atomic E-state index is 0.0457. The first-order valence-electron chi connectivity index (χ1n) is 7.60. The Bertz CT molecular complexity index is 681. The number of benzene rings is 1. The lowest BCUT2D eigenvalue weighted by Crippen LogP contribution is -2.38. The second-order valence-electron chi connectivity index (χ2n) is 5.78. The van der Waals surface area contributed by atoms with Crippen LogP contribution in [-0.4, -0.2) is 23.0 Å². The van der Waals surface area contributed by atoms with E-state index in [1.54, 1.807) is 13.1 Å². The van der Waals surface area contributed by atoms with Crippen LogP contribution in [0.2, 0.25) is 5.15 Å². The van der Waals surface area contributed by atoms with E-state index in [0.29, 0.717) is 11.2 Å². The Morgan fingerprint density at radius 2 is 2.05 bits per heavy atom. The first kappa shape index (κ1) is 15.1. The van der Waals surface area contributed by atoms with Crippen LogP contribution in [0.4, 0.5) is 0 Å². The molecule has 0 spiro atoms. The van der Waals surface area contributed by atoms with Gasteiger partial charge in [0, 0.05) is 24.5 Å². The summed E-state index contributed by atoms with van der Waals surface area (Å²) in [7, 11) is 0. The molecule has 3 rings (SSSR count). The first-order valence-corrected chi connectivity index (χ1v) is 7.97. The minimum atomic E-state index is 0.0457. The van der Waals surface area contributed by atoms with Gasteiger partial charge in [-0.2, -0.15) is 0 Å². The van der Waals surface area contributed by atoms with Crippen molar-refractivity contribution in [2.75, 3.05) is 0 Å². The largest absolute Gasteiger partial charge is 0.490 e. The number of ether oxygens (including phenoxy) is 1. The summed E-state index contributed by atoms with van der Waals surface area (Å²) >= 11 is 6.07. The average Bonchev–Trinajstić information content (AvgIpc) is 2.49. The average molecular weight is 319 g/mol. The molecule has 1 heterocycles. The number of carbonyl (C=O) groups is 1. The predicted octanol–water partition coefficient (Wildman–Crippen LogP) is 3.71. The fourth-order valence-corrected chi connectivity index (χ4v) is 3.23. The Morgan fingerprint density at radius 3 is 2.77 bits per heavy atom. The van der Waals surface area contributed by atoms with Gasteiger partial charge in [-0.25, -0.2) is 4.98 Å². The fourth-order valence-electron chi connectivity index (χ4n) is 3.00. The molecule has 1 aliphatic carbocycles. The van der Waals surface area contributed by atoms with Crippen molar-refractivity contribution >= 4 is 28.3 Å². The summed E-state index contributed by atoms with van der Waals surface area (Å²) in [6.45, 7) is 1.57. The van der Waals surface area contributed by atoms with Crippen molar-refractivity contribution in [1.29, 1.82) is 0 Å². The number of nitrogens with one attached hydrogen (secondary N) is 1. The maximum absolute atomic E-state index is 11.1. The summed E-state index contributed by atoms with van der Waals surface area (Å²) in [5, 5.41) is 5.46. The molecule has 1 amide bonds. The number of hydrogen-bond acceptors (Lipinski definition) is 3. The lowest BCUT2D eigenvalue weighted by atomic mass is 9.93. The molecule has 1 saturated carbocycles. The molecule has 1 aliphatic rings. The second kappa shape index (κ2) is 6.53.